The Morgan fingerprint density at radius 3 is 1.37 bits per heavy atom. The minimum Gasteiger partial charge on any atom is -0.342 e. The lowest BCUT2D eigenvalue weighted by molar-refractivity contribution is -0.135. The quantitative estimate of drug-likeness (QED) is 0.327. The summed E-state index contributed by atoms with van der Waals surface area (Å²) in [6, 6.07) is -4.39. The molecule has 0 aliphatic carbocycles. The van der Waals surface area contributed by atoms with Crippen molar-refractivity contribution >= 4 is 51.1 Å². The molecule has 7 atom stereocenters. The maximum atomic E-state index is 13.4. The van der Waals surface area contributed by atoms with E-state index in [4.69, 9.17) is 0 Å². The monoisotopic (exact) mass is 529 g/mol. The SMILES string of the molecule is CC[C@@H](C)[C@@H]1NC(=O)[C@@H]([C@H](C)CC)NC(=O)[C@H](C(C)C)NC(=O)[C@H]2CSSC[C@@H](NC1=O)C(=O)N2. The fourth-order valence-corrected chi connectivity index (χ4v) is 6.14. The van der Waals surface area contributed by atoms with Gasteiger partial charge >= 0.3 is 0 Å². The minimum atomic E-state index is -0.895. The summed E-state index contributed by atoms with van der Waals surface area (Å²) >= 11 is 0. The fourth-order valence-electron chi connectivity index (χ4n) is 3.81. The van der Waals surface area contributed by atoms with E-state index in [1.165, 1.54) is 21.6 Å². The van der Waals surface area contributed by atoms with Crippen LogP contribution in [0.25, 0.3) is 0 Å². The van der Waals surface area contributed by atoms with Gasteiger partial charge in [0.2, 0.25) is 29.5 Å². The van der Waals surface area contributed by atoms with Crippen LogP contribution < -0.4 is 26.6 Å². The zero-order chi connectivity index (χ0) is 26.3. The number of carbonyl (C=O) groups excluding carboxylic acids is 5. The van der Waals surface area contributed by atoms with Crippen molar-refractivity contribution in [3.05, 3.63) is 0 Å². The second-order valence-electron chi connectivity index (χ2n) is 9.67. The first kappa shape index (κ1) is 29.3. The summed E-state index contributed by atoms with van der Waals surface area (Å²) in [6.07, 6.45) is 1.24. The lowest BCUT2D eigenvalue weighted by Gasteiger charge is -2.30. The Balaban J connectivity index is 2.51. The molecule has 0 spiro atoms. The topological polar surface area (TPSA) is 146 Å². The fraction of sp³-hybridized carbons (Fsp3) is 0.783. The largest absolute Gasteiger partial charge is 0.342 e. The molecule has 12 heteroatoms. The van der Waals surface area contributed by atoms with Crippen LogP contribution in [0.5, 0.6) is 0 Å². The van der Waals surface area contributed by atoms with Gasteiger partial charge in [-0.3, -0.25) is 24.0 Å². The highest BCUT2D eigenvalue weighted by Gasteiger charge is 2.38. The van der Waals surface area contributed by atoms with Crippen LogP contribution in [-0.4, -0.2) is 71.3 Å². The van der Waals surface area contributed by atoms with Crippen LogP contribution in [0.15, 0.2) is 0 Å². The number of nitrogens with one attached hydrogen (secondary N) is 5. The highest BCUT2D eigenvalue weighted by atomic mass is 33.1. The average molecular weight is 530 g/mol. The highest BCUT2D eigenvalue weighted by molar-refractivity contribution is 8.76. The Bertz CT molecular complexity index is 811. The smallest absolute Gasteiger partial charge is 0.244 e. The van der Waals surface area contributed by atoms with E-state index in [0.29, 0.717) is 24.3 Å². The maximum Gasteiger partial charge on any atom is 0.244 e. The molecular formula is C23H39N5O5S2. The normalized spacial score (nSPS) is 30.9. The van der Waals surface area contributed by atoms with E-state index in [9.17, 15) is 24.0 Å². The van der Waals surface area contributed by atoms with Crippen molar-refractivity contribution in [1.82, 2.24) is 26.6 Å². The van der Waals surface area contributed by atoms with Crippen LogP contribution in [0.1, 0.15) is 54.4 Å². The Hall–Kier alpha value is -1.95. The van der Waals surface area contributed by atoms with Crippen LogP contribution in [-0.2, 0) is 24.0 Å². The van der Waals surface area contributed by atoms with Crippen molar-refractivity contribution in [2.75, 3.05) is 11.5 Å². The zero-order valence-corrected chi connectivity index (χ0v) is 22.9. The maximum absolute atomic E-state index is 13.4. The predicted molar refractivity (Wildman–Crippen MR) is 138 cm³/mol. The van der Waals surface area contributed by atoms with Crippen molar-refractivity contribution < 1.29 is 24.0 Å². The molecule has 0 aromatic rings. The van der Waals surface area contributed by atoms with E-state index in [0.717, 1.165) is 0 Å². The summed E-state index contributed by atoms with van der Waals surface area (Å²) in [4.78, 5) is 65.9. The van der Waals surface area contributed by atoms with E-state index < -0.39 is 59.7 Å². The first-order valence-corrected chi connectivity index (χ1v) is 14.7. The molecule has 2 aliphatic rings. The van der Waals surface area contributed by atoms with Crippen LogP contribution in [0.2, 0.25) is 0 Å². The van der Waals surface area contributed by atoms with Gasteiger partial charge in [0.05, 0.1) is 0 Å². The van der Waals surface area contributed by atoms with Crippen molar-refractivity contribution in [2.24, 2.45) is 17.8 Å². The van der Waals surface area contributed by atoms with Crippen molar-refractivity contribution in [2.45, 2.75) is 84.6 Å². The number of rotatable bonds is 5. The van der Waals surface area contributed by atoms with Crippen LogP contribution in [0.4, 0.5) is 0 Å². The molecule has 0 unspecified atom stereocenters. The summed E-state index contributed by atoms with van der Waals surface area (Å²) < 4.78 is 0. The summed E-state index contributed by atoms with van der Waals surface area (Å²) in [6.45, 7) is 11.1. The molecule has 0 aromatic carbocycles. The van der Waals surface area contributed by atoms with Gasteiger partial charge in [-0.25, -0.2) is 0 Å². The van der Waals surface area contributed by atoms with Crippen LogP contribution in [0.3, 0.4) is 0 Å². The molecule has 2 fully saturated rings. The summed E-state index contributed by atoms with van der Waals surface area (Å²) in [5, 5.41) is 13.9. The lowest BCUT2D eigenvalue weighted by Crippen LogP contribution is -2.60. The Labute approximate surface area is 215 Å². The zero-order valence-electron chi connectivity index (χ0n) is 21.3. The van der Waals surface area contributed by atoms with Gasteiger partial charge in [-0.05, 0) is 17.8 Å². The van der Waals surface area contributed by atoms with E-state index in [1.807, 2.05) is 27.7 Å². The van der Waals surface area contributed by atoms with Gasteiger partial charge in [-0.15, -0.1) is 0 Å². The number of hydrogen-bond acceptors (Lipinski definition) is 7. The molecular weight excluding hydrogens is 490 g/mol. The number of hydrogen-bond donors (Lipinski definition) is 5. The molecule has 0 radical (unpaired) electrons. The molecule has 5 amide bonds. The third-order valence-corrected chi connectivity index (χ3v) is 9.07. The molecule has 0 saturated carbocycles. The summed E-state index contributed by atoms with van der Waals surface area (Å²) in [7, 11) is 2.80. The third kappa shape index (κ3) is 7.77. The number of carbonyl (C=O) groups is 5. The molecule has 35 heavy (non-hydrogen) atoms. The molecule has 0 aromatic heterocycles. The first-order valence-electron chi connectivity index (χ1n) is 12.3. The third-order valence-electron chi connectivity index (χ3n) is 6.65. The molecule has 2 rings (SSSR count). The molecule has 2 saturated heterocycles. The van der Waals surface area contributed by atoms with Gasteiger partial charge < -0.3 is 26.6 Å². The number of fused-ring (bicyclic) bond motifs is 3. The van der Waals surface area contributed by atoms with Crippen LogP contribution in [0, 0.1) is 17.8 Å². The highest BCUT2D eigenvalue weighted by Crippen LogP contribution is 2.25. The standard InChI is InChI=1S/C23H39N5O5S2/c1-7-12(5)17-22(32)25-14-9-34-35-10-15(24-19(14)29)20(30)26-16(11(3)4)21(31)27-18(13(6)8-2)23(33)28-17/h11-18H,7-10H2,1-6H3,(H,24,29)(H,25,32)(H,26,30)(H,27,31)(H,28,33)/t12-,13-,14-,15-,16+,17+,18-/m1/s1. The second-order valence-corrected chi connectivity index (χ2v) is 12.2. The summed E-state index contributed by atoms with van der Waals surface area (Å²) in [5.74, 6) is -2.41. The minimum absolute atomic E-state index is 0.207. The van der Waals surface area contributed by atoms with Gasteiger partial charge in [0.15, 0.2) is 0 Å². The van der Waals surface area contributed by atoms with E-state index in [2.05, 4.69) is 26.6 Å². The predicted octanol–water partition coefficient (Wildman–Crippen LogP) is 0.567. The van der Waals surface area contributed by atoms with Crippen molar-refractivity contribution in [1.29, 1.82) is 0 Å². The molecule has 2 aliphatic heterocycles. The molecule has 5 N–H and O–H groups in total. The van der Waals surface area contributed by atoms with Gasteiger partial charge in [0, 0.05) is 11.5 Å². The van der Waals surface area contributed by atoms with Crippen molar-refractivity contribution in [3.63, 3.8) is 0 Å². The second kappa shape index (κ2) is 13.4. The van der Waals surface area contributed by atoms with Crippen LogP contribution >= 0.6 is 21.6 Å². The van der Waals surface area contributed by atoms with E-state index in [1.54, 1.807) is 13.8 Å². The lowest BCUT2D eigenvalue weighted by atomic mass is 9.94. The molecule has 198 valence electrons. The van der Waals surface area contributed by atoms with E-state index in [-0.39, 0.29) is 17.8 Å². The van der Waals surface area contributed by atoms with E-state index >= 15 is 0 Å². The Morgan fingerprint density at radius 2 is 0.943 bits per heavy atom. The van der Waals surface area contributed by atoms with Gasteiger partial charge in [-0.1, -0.05) is 76.0 Å². The number of amides is 5. The molecule has 2 heterocycles. The van der Waals surface area contributed by atoms with Gasteiger partial charge in [-0.2, -0.15) is 0 Å². The molecule has 10 nitrogen and oxygen atoms in total. The Kier molecular flexibility index (Phi) is 11.2. The van der Waals surface area contributed by atoms with Gasteiger partial charge in [0.1, 0.15) is 30.2 Å². The summed E-state index contributed by atoms with van der Waals surface area (Å²) in [5.41, 5.74) is 0. The average Bonchev–Trinajstić information content (AvgIpc) is 2.81. The van der Waals surface area contributed by atoms with Crippen molar-refractivity contribution in [3.8, 4) is 0 Å². The first-order chi connectivity index (χ1) is 16.5. The molecule has 2 bridgehead atoms. The Morgan fingerprint density at radius 1 is 0.600 bits per heavy atom. The van der Waals surface area contributed by atoms with Gasteiger partial charge in [0.25, 0.3) is 0 Å².